The molecule has 3 aromatic rings. The van der Waals surface area contributed by atoms with E-state index >= 15 is 0 Å². The molecule has 6 nitrogen and oxygen atoms in total. The van der Waals surface area contributed by atoms with Crippen LogP contribution in [0.5, 0.6) is 5.75 Å². The molecule has 1 saturated heterocycles. The molecule has 0 unspecified atom stereocenters. The molecule has 2 aromatic carbocycles. The van der Waals surface area contributed by atoms with Crippen LogP contribution < -0.4 is 15.0 Å². The summed E-state index contributed by atoms with van der Waals surface area (Å²) in [6.45, 7) is 3.91. The maximum atomic E-state index is 12.2. The van der Waals surface area contributed by atoms with Gasteiger partial charge in [0.15, 0.2) is 12.4 Å². The summed E-state index contributed by atoms with van der Waals surface area (Å²) in [5, 5.41) is 12.4. The van der Waals surface area contributed by atoms with E-state index in [-0.39, 0.29) is 12.5 Å². The summed E-state index contributed by atoms with van der Waals surface area (Å²) in [5.41, 5.74) is 3.36. The van der Waals surface area contributed by atoms with Crippen LogP contribution in [0.1, 0.15) is 31.2 Å². The van der Waals surface area contributed by atoms with Crippen molar-refractivity contribution in [2.24, 2.45) is 0 Å². The summed E-state index contributed by atoms with van der Waals surface area (Å²) >= 11 is 6.01. The molecule has 0 atom stereocenters. The number of halogens is 1. The summed E-state index contributed by atoms with van der Waals surface area (Å²) in [5.74, 6) is 1.32. The van der Waals surface area contributed by atoms with Crippen LogP contribution in [0.15, 0.2) is 54.6 Å². The molecule has 4 rings (SSSR count). The molecule has 0 bridgehead atoms. The van der Waals surface area contributed by atoms with E-state index in [4.69, 9.17) is 16.3 Å². The number of carbonyl (C=O) groups is 1. The Kier molecular flexibility index (Phi) is 7.22. The summed E-state index contributed by atoms with van der Waals surface area (Å²) in [7, 11) is 0. The average molecular weight is 451 g/mol. The number of hydrogen-bond acceptors (Lipinski definition) is 5. The zero-order valence-corrected chi connectivity index (χ0v) is 18.9. The quantitative estimate of drug-likeness (QED) is 0.536. The second-order valence-electron chi connectivity index (χ2n) is 8.00. The van der Waals surface area contributed by atoms with Crippen LogP contribution in [0.4, 0.5) is 11.5 Å². The molecule has 32 heavy (non-hydrogen) atoms. The lowest BCUT2D eigenvalue weighted by molar-refractivity contribution is -0.118. The molecule has 0 radical (unpaired) electrons. The van der Waals surface area contributed by atoms with Crippen LogP contribution in [0.3, 0.4) is 0 Å². The molecule has 0 saturated carbocycles. The van der Waals surface area contributed by atoms with E-state index in [0.717, 1.165) is 35.7 Å². The van der Waals surface area contributed by atoms with Crippen LogP contribution >= 0.6 is 11.6 Å². The summed E-state index contributed by atoms with van der Waals surface area (Å²) in [6.07, 6.45) is 5.00. The van der Waals surface area contributed by atoms with Gasteiger partial charge < -0.3 is 15.0 Å². The Bertz CT molecular complexity index is 1050. The molecule has 0 aliphatic carbocycles. The summed E-state index contributed by atoms with van der Waals surface area (Å²) < 4.78 is 5.54. The minimum atomic E-state index is -0.230. The van der Waals surface area contributed by atoms with E-state index in [1.54, 1.807) is 12.1 Å². The van der Waals surface area contributed by atoms with Gasteiger partial charge in [-0.3, -0.25) is 4.79 Å². The topological polar surface area (TPSA) is 67.3 Å². The normalized spacial score (nSPS) is 14.0. The van der Waals surface area contributed by atoms with Gasteiger partial charge in [-0.15, -0.1) is 10.2 Å². The lowest BCUT2D eigenvalue weighted by Crippen LogP contribution is -2.25. The standard InChI is InChI=1S/C25H27ClN4O2/c1-18-16-21(10-11-22(18)26)32-17-25(31)27-20-8-6-19(7-9-20)23-12-13-24(29-28-23)30-14-4-2-3-5-15-30/h6-13,16H,2-5,14-15,17H2,1H3,(H,27,31). The van der Waals surface area contributed by atoms with E-state index < -0.39 is 0 Å². The number of aryl methyl sites for hydroxylation is 1. The van der Waals surface area contributed by atoms with Crippen molar-refractivity contribution in [3.05, 3.63) is 65.2 Å². The third kappa shape index (κ3) is 5.77. The van der Waals surface area contributed by atoms with Gasteiger partial charge in [0.2, 0.25) is 0 Å². The highest BCUT2D eigenvalue weighted by atomic mass is 35.5. The van der Waals surface area contributed by atoms with Crippen molar-refractivity contribution >= 4 is 29.0 Å². The van der Waals surface area contributed by atoms with Crippen molar-refractivity contribution in [1.82, 2.24) is 10.2 Å². The van der Waals surface area contributed by atoms with Crippen molar-refractivity contribution in [2.45, 2.75) is 32.6 Å². The molecule has 1 aliphatic heterocycles. The van der Waals surface area contributed by atoms with E-state index in [0.29, 0.717) is 16.5 Å². The molecule has 2 heterocycles. The third-order valence-electron chi connectivity index (χ3n) is 5.54. The van der Waals surface area contributed by atoms with Gasteiger partial charge in [0.25, 0.3) is 5.91 Å². The van der Waals surface area contributed by atoms with Gasteiger partial charge in [-0.2, -0.15) is 0 Å². The number of benzene rings is 2. The van der Waals surface area contributed by atoms with Crippen LogP contribution in [0.2, 0.25) is 5.02 Å². The number of nitrogens with zero attached hydrogens (tertiary/aromatic N) is 3. The van der Waals surface area contributed by atoms with Crippen LogP contribution in [-0.4, -0.2) is 35.8 Å². The van der Waals surface area contributed by atoms with Crippen LogP contribution in [0, 0.1) is 6.92 Å². The maximum Gasteiger partial charge on any atom is 0.262 e. The molecular formula is C25H27ClN4O2. The summed E-state index contributed by atoms with van der Waals surface area (Å²) in [4.78, 5) is 14.5. The SMILES string of the molecule is Cc1cc(OCC(=O)Nc2ccc(-c3ccc(N4CCCCCC4)nn3)cc2)ccc1Cl. The zero-order valence-electron chi connectivity index (χ0n) is 18.2. The third-order valence-corrected chi connectivity index (χ3v) is 5.97. The van der Waals surface area contributed by atoms with Crippen LogP contribution in [-0.2, 0) is 4.79 Å². The van der Waals surface area contributed by atoms with Gasteiger partial charge >= 0.3 is 0 Å². The molecule has 1 N–H and O–H groups in total. The number of anilines is 2. The predicted molar refractivity (Wildman–Crippen MR) is 128 cm³/mol. The highest BCUT2D eigenvalue weighted by Crippen LogP contribution is 2.23. The van der Waals surface area contributed by atoms with Gasteiger partial charge in [0.1, 0.15) is 5.75 Å². The molecule has 7 heteroatoms. The molecular weight excluding hydrogens is 424 g/mol. The fourth-order valence-corrected chi connectivity index (χ4v) is 3.84. The Labute approximate surface area is 193 Å². The van der Waals surface area contributed by atoms with Crippen molar-refractivity contribution in [3.8, 4) is 17.0 Å². The molecule has 0 spiro atoms. The number of carbonyl (C=O) groups excluding carboxylic acids is 1. The lowest BCUT2D eigenvalue weighted by atomic mass is 10.1. The number of aromatic nitrogens is 2. The molecule has 166 valence electrons. The van der Waals surface area contributed by atoms with Gasteiger partial charge in [0, 0.05) is 29.4 Å². The largest absolute Gasteiger partial charge is 0.484 e. The number of hydrogen-bond donors (Lipinski definition) is 1. The van der Waals surface area contributed by atoms with Gasteiger partial charge in [-0.25, -0.2) is 0 Å². The van der Waals surface area contributed by atoms with Crippen molar-refractivity contribution < 1.29 is 9.53 Å². The second kappa shape index (κ2) is 10.5. The Morgan fingerprint density at radius 3 is 2.41 bits per heavy atom. The molecule has 1 aromatic heterocycles. The monoisotopic (exact) mass is 450 g/mol. The first kappa shape index (κ1) is 22.1. The predicted octanol–water partition coefficient (Wildman–Crippen LogP) is 5.50. The Hall–Kier alpha value is -3.12. The van der Waals surface area contributed by atoms with Crippen molar-refractivity contribution in [1.29, 1.82) is 0 Å². The Morgan fingerprint density at radius 2 is 1.75 bits per heavy atom. The number of amides is 1. The minimum absolute atomic E-state index is 0.0771. The fourth-order valence-electron chi connectivity index (χ4n) is 3.72. The first-order valence-electron chi connectivity index (χ1n) is 11.0. The Morgan fingerprint density at radius 1 is 1.00 bits per heavy atom. The lowest BCUT2D eigenvalue weighted by Gasteiger charge is -2.20. The van der Waals surface area contributed by atoms with Crippen molar-refractivity contribution in [3.63, 3.8) is 0 Å². The van der Waals surface area contributed by atoms with Crippen LogP contribution in [0.25, 0.3) is 11.3 Å². The van der Waals surface area contributed by atoms with Gasteiger partial charge in [-0.05, 0) is 67.8 Å². The Balaban J connectivity index is 1.32. The number of ether oxygens (including phenoxy) is 1. The van der Waals surface area contributed by atoms with E-state index in [1.165, 1.54) is 25.7 Å². The minimum Gasteiger partial charge on any atom is -0.484 e. The smallest absolute Gasteiger partial charge is 0.262 e. The van der Waals surface area contributed by atoms with Crippen molar-refractivity contribution in [2.75, 3.05) is 29.9 Å². The highest BCUT2D eigenvalue weighted by molar-refractivity contribution is 6.31. The van der Waals surface area contributed by atoms with E-state index in [1.807, 2.05) is 49.4 Å². The number of rotatable bonds is 6. The second-order valence-corrected chi connectivity index (χ2v) is 8.41. The number of nitrogens with one attached hydrogen (secondary N) is 1. The van der Waals surface area contributed by atoms with Gasteiger partial charge in [-0.1, -0.05) is 36.6 Å². The van der Waals surface area contributed by atoms with E-state index in [2.05, 4.69) is 20.4 Å². The zero-order chi connectivity index (χ0) is 22.3. The maximum absolute atomic E-state index is 12.2. The summed E-state index contributed by atoms with van der Waals surface area (Å²) in [6, 6.07) is 16.9. The highest BCUT2D eigenvalue weighted by Gasteiger charge is 2.12. The molecule has 1 amide bonds. The van der Waals surface area contributed by atoms with E-state index in [9.17, 15) is 4.79 Å². The molecule has 1 fully saturated rings. The van der Waals surface area contributed by atoms with Gasteiger partial charge in [0.05, 0.1) is 5.69 Å². The average Bonchev–Trinajstić information content (AvgIpc) is 3.10. The molecule has 1 aliphatic rings. The first-order chi connectivity index (χ1) is 15.6. The fraction of sp³-hybridized carbons (Fsp3) is 0.320. The first-order valence-corrected chi connectivity index (χ1v) is 11.3.